The van der Waals surface area contributed by atoms with Gasteiger partial charge in [-0.05, 0) is 13.8 Å². The average molecular weight is 242 g/mol. The Morgan fingerprint density at radius 1 is 1.65 bits per heavy atom. The monoisotopic (exact) mass is 242 g/mol. The first-order valence-electron chi connectivity index (χ1n) is 5.33. The summed E-state index contributed by atoms with van der Waals surface area (Å²) < 4.78 is 6.03. The standard InChI is InChI=1S/C10H18N4O3/c1-6(2)12-9-7(10(16)17-3)8(11)14(13-9)4-5-15/h6,15H,4-5,11H2,1-3H3,(H,12,13). The van der Waals surface area contributed by atoms with E-state index in [-0.39, 0.29) is 30.6 Å². The molecule has 0 spiro atoms. The topological polar surface area (TPSA) is 102 Å². The molecule has 17 heavy (non-hydrogen) atoms. The number of aromatic nitrogens is 2. The fraction of sp³-hybridized carbons (Fsp3) is 0.600. The number of methoxy groups -OCH3 is 1. The Bertz CT molecular complexity index is 401. The van der Waals surface area contributed by atoms with Crippen molar-refractivity contribution in [3.63, 3.8) is 0 Å². The lowest BCUT2D eigenvalue weighted by molar-refractivity contribution is 0.0603. The normalized spacial score (nSPS) is 10.6. The van der Waals surface area contributed by atoms with Gasteiger partial charge in [-0.3, -0.25) is 0 Å². The minimum Gasteiger partial charge on any atom is -0.465 e. The number of anilines is 2. The van der Waals surface area contributed by atoms with Crippen molar-refractivity contribution in [1.82, 2.24) is 9.78 Å². The molecule has 0 atom stereocenters. The van der Waals surface area contributed by atoms with Crippen LogP contribution in [0, 0.1) is 0 Å². The third-order valence-corrected chi connectivity index (χ3v) is 2.12. The van der Waals surface area contributed by atoms with Crippen LogP contribution < -0.4 is 11.1 Å². The highest BCUT2D eigenvalue weighted by Gasteiger charge is 2.23. The molecule has 0 unspecified atom stereocenters. The van der Waals surface area contributed by atoms with Gasteiger partial charge in [0.25, 0.3) is 0 Å². The minimum atomic E-state index is -0.546. The highest BCUT2D eigenvalue weighted by Crippen LogP contribution is 2.23. The SMILES string of the molecule is COC(=O)c1c(NC(C)C)nn(CCO)c1N. The Hall–Kier alpha value is -1.76. The maximum absolute atomic E-state index is 11.6. The molecule has 0 aliphatic heterocycles. The number of hydrogen-bond donors (Lipinski definition) is 3. The summed E-state index contributed by atoms with van der Waals surface area (Å²) >= 11 is 0. The van der Waals surface area contributed by atoms with Crippen LogP contribution in [0.25, 0.3) is 0 Å². The molecule has 1 heterocycles. The molecule has 1 rings (SSSR count). The molecule has 1 aromatic rings. The lowest BCUT2D eigenvalue weighted by atomic mass is 10.3. The third kappa shape index (κ3) is 2.88. The number of rotatable bonds is 5. The number of hydrogen-bond acceptors (Lipinski definition) is 6. The van der Waals surface area contributed by atoms with E-state index in [4.69, 9.17) is 10.8 Å². The van der Waals surface area contributed by atoms with Gasteiger partial charge in [0.2, 0.25) is 0 Å². The van der Waals surface area contributed by atoms with Gasteiger partial charge in [0, 0.05) is 6.04 Å². The first-order chi connectivity index (χ1) is 8.01. The number of nitrogens with zero attached hydrogens (tertiary/aromatic N) is 2. The van der Waals surface area contributed by atoms with E-state index in [1.807, 2.05) is 13.8 Å². The average Bonchev–Trinajstić information content (AvgIpc) is 2.54. The molecular weight excluding hydrogens is 224 g/mol. The maximum atomic E-state index is 11.6. The van der Waals surface area contributed by atoms with Crippen LogP contribution in [0.4, 0.5) is 11.6 Å². The summed E-state index contributed by atoms with van der Waals surface area (Å²) in [5, 5.41) is 16.0. The molecule has 0 bridgehead atoms. The zero-order valence-corrected chi connectivity index (χ0v) is 10.2. The number of nitrogens with one attached hydrogen (secondary N) is 1. The molecule has 4 N–H and O–H groups in total. The largest absolute Gasteiger partial charge is 0.465 e. The molecule has 0 fully saturated rings. The number of nitrogens with two attached hydrogens (primary N) is 1. The quantitative estimate of drug-likeness (QED) is 0.631. The van der Waals surface area contributed by atoms with Crippen molar-refractivity contribution >= 4 is 17.6 Å². The number of carbonyl (C=O) groups excluding carboxylic acids is 1. The fourth-order valence-corrected chi connectivity index (χ4v) is 1.42. The second kappa shape index (κ2) is 5.53. The van der Waals surface area contributed by atoms with Crippen LogP contribution in [0.15, 0.2) is 0 Å². The van der Waals surface area contributed by atoms with Crippen LogP contribution >= 0.6 is 0 Å². The summed E-state index contributed by atoms with van der Waals surface area (Å²) in [4.78, 5) is 11.6. The van der Waals surface area contributed by atoms with E-state index in [9.17, 15) is 4.79 Å². The van der Waals surface area contributed by atoms with Gasteiger partial charge in [0.05, 0.1) is 20.3 Å². The molecule has 7 nitrogen and oxygen atoms in total. The lowest BCUT2D eigenvalue weighted by Crippen LogP contribution is -2.14. The van der Waals surface area contributed by atoms with Crippen molar-refractivity contribution in [3.8, 4) is 0 Å². The third-order valence-electron chi connectivity index (χ3n) is 2.12. The summed E-state index contributed by atoms with van der Waals surface area (Å²) in [6.07, 6.45) is 0. The molecule has 7 heteroatoms. The van der Waals surface area contributed by atoms with Crippen LogP contribution in [0.1, 0.15) is 24.2 Å². The summed E-state index contributed by atoms with van der Waals surface area (Å²) in [6, 6.07) is 0.107. The van der Waals surface area contributed by atoms with Crippen LogP contribution in [-0.2, 0) is 11.3 Å². The molecule has 96 valence electrons. The van der Waals surface area contributed by atoms with Crippen molar-refractivity contribution in [1.29, 1.82) is 0 Å². The van der Waals surface area contributed by atoms with Crippen LogP contribution in [-0.4, -0.2) is 40.6 Å². The van der Waals surface area contributed by atoms with Crippen molar-refractivity contribution in [2.45, 2.75) is 26.4 Å². The molecule has 0 aromatic carbocycles. The highest BCUT2D eigenvalue weighted by atomic mass is 16.5. The van der Waals surface area contributed by atoms with Gasteiger partial charge in [-0.25, -0.2) is 9.48 Å². The van der Waals surface area contributed by atoms with E-state index < -0.39 is 5.97 Å². The number of aliphatic hydroxyl groups excluding tert-OH is 1. The summed E-state index contributed by atoms with van der Waals surface area (Å²) in [7, 11) is 1.28. The number of carbonyl (C=O) groups is 1. The molecule has 0 aliphatic rings. The first kappa shape index (κ1) is 13.3. The molecule has 0 saturated heterocycles. The van der Waals surface area contributed by atoms with E-state index in [1.165, 1.54) is 11.8 Å². The molecule has 0 radical (unpaired) electrons. The van der Waals surface area contributed by atoms with Gasteiger partial charge in [0.15, 0.2) is 5.82 Å². The van der Waals surface area contributed by atoms with Gasteiger partial charge in [-0.2, -0.15) is 5.10 Å². The van der Waals surface area contributed by atoms with E-state index in [0.717, 1.165) is 0 Å². The smallest absolute Gasteiger partial charge is 0.345 e. The molecular formula is C10H18N4O3. The molecule has 0 saturated carbocycles. The molecule has 0 amide bonds. The van der Waals surface area contributed by atoms with Crippen molar-refractivity contribution in [3.05, 3.63) is 5.56 Å². The Balaban J connectivity index is 3.16. The lowest BCUT2D eigenvalue weighted by Gasteiger charge is -2.07. The van der Waals surface area contributed by atoms with E-state index in [1.54, 1.807) is 0 Å². The van der Waals surface area contributed by atoms with Gasteiger partial charge < -0.3 is 20.9 Å². The Morgan fingerprint density at radius 2 is 2.29 bits per heavy atom. The van der Waals surface area contributed by atoms with Crippen LogP contribution in [0.2, 0.25) is 0 Å². The van der Waals surface area contributed by atoms with E-state index in [0.29, 0.717) is 5.82 Å². The predicted molar refractivity (Wildman–Crippen MR) is 63.8 cm³/mol. The number of ether oxygens (including phenoxy) is 1. The second-order valence-electron chi connectivity index (χ2n) is 3.85. The predicted octanol–water partition coefficient (Wildman–Crippen LogP) is 0.0645. The van der Waals surface area contributed by atoms with Crippen molar-refractivity contribution < 1.29 is 14.6 Å². The van der Waals surface area contributed by atoms with Crippen LogP contribution in [0.5, 0.6) is 0 Å². The molecule has 1 aromatic heterocycles. The number of esters is 1. The summed E-state index contributed by atoms with van der Waals surface area (Å²) in [5.74, 6) is 0.0155. The van der Waals surface area contributed by atoms with Crippen molar-refractivity contribution in [2.75, 3.05) is 24.8 Å². The van der Waals surface area contributed by atoms with Crippen molar-refractivity contribution in [2.24, 2.45) is 0 Å². The minimum absolute atomic E-state index is 0.104. The fourth-order valence-electron chi connectivity index (χ4n) is 1.42. The first-order valence-corrected chi connectivity index (χ1v) is 5.33. The Labute approximate surface area is 99.6 Å². The number of nitrogen functional groups attached to an aromatic ring is 1. The zero-order chi connectivity index (χ0) is 13.0. The van der Waals surface area contributed by atoms with E-state index in [2.05, 4.69) is 15.2 Å². The van der Waals surface area contributed by atoms with E-state index >= 15 is 0 Å². The van der Waals surface area contributed by atoms with Gasteiger partial charge >= 0.3 is 5.97 Å². The van der Waals surface area contributed by atoms with Crippen LogP contribution in [0.3, 0.4) is 0 Å². The Morgan fingerprint density at radius 3 is 2.76 bits per heavy atom. The molecule has 0 aliphatic carbocycles. The van der Waals surface area contributed by atoms with Gasteiger partial charge in [0.1, 0.15) is 11.4 Å². The second-order valence-corrected chi connectivity index (χ2v) is 3.85. The van der Waals surface area contributed by atoms with Gasteiger partial charge in [-0.1, -0.05) is 0 Å². The highest BCUT2D eigenvalue weighted by molar-refractivity contribution is 5.99. The van der Waals surface area contributed by atoms with Gasteiger partial charge in [-0.15, -0.1) is 0 Å². The Kier molecular flexibility index (Phi) is 4.33. The summed E-state index contributed by atoms with van der Waals surface area (Å²) in [6.45, 7) is 3.97. The zero-order valence-electron chi connectivity index (χ0n) is 10.2. The summed E-state index contributed by atoms with van der Waals surface area (Å²) in [5.41, 5.74) is 5.99. The maximum Gasteiger partial charge on any atom is 0.345 e. The number of aliphatic hydroxyl groups is 1.